The molecule has 0 aliphatic rings. The van der Waals surface area contributed by atoms with Crippen molar-refractivity contribution in [1.82, 2.24) is 0 Å². The van der Waals surface area contributed by atoms with Gasteiger partial charge in [0.15, 0.2) is 0 Å². The van der Waals surface area contributed by atoms with E-state index in [4.69, 9.17) is 34.4 Å². The molecule has 0 amide bonds. The average Bonchev–Trinajstić information content (AvgIpc) is 2.51. The minimum absolute atomic E-state index is 0.775. The van der Waals surface area contributed by atoms with Gasteiger partial charge in [0, 0.05) is 0 Å². The summed E-state index contributed by atoms with van der Waals surface area (Å²) in [5, 5.41) is 0. The van der Waals surface area contributed by atoms with Crippen LogP contribution >= 0.6 is 0 Å². The van der Waals surface area contributed by atoms with Gasteiger partial charge in [-0.15, -0.1) is 0 Å². The van der Waals surface area contributed by atoms with Crippen molar-refractivity contribution in [2.75, 3.05) is 39.3 Å². The van der Waals surface area contributed by atoms with Crippen LogP contribution in [0.2, 0.25) is 0 Å². The van der Waals surface area contributed by atoms with Gasteiger partial charge < -0.3 is 34.4 Å². The van der Waals surface area contributed by atoms with Crippen LogP contribution < -0.4 is 34.4 Å². The molecule has 0 unspecified atom stereocenters. The lowest BCUT2D eigenvalue weighted by molar-refractivity contribution is 0.653. The number of hydrogen-bond donors (Lipinski definition) is 6. The molecule has 0 aliphatic carbocycles. The largest absolute Gasteiger partial charge is 0.330 e. The quantitative estimate of drug-likeness (QED) is 0.283. The monoisotopic (exact) mass is 306 g/mol. The van der Waals surface area contributed by atoms with Crippen molar-refractivity contribution >= 4 is 0 Å². The molecular formula is C15H42N6. The van der Waals surface area contributed by atoms with Gasteiger partial charge in [-0.05, 0) is 77.8 Å². The van der Waals surface area contributed by atoms with Crippen molar-refractivity contribution < 1.29 is 0 Å². The van der Waals surface area contributed by atoms with Crippen LogP contribution in [0, 0.1) is 0 Å². The molecule has 0 saturated heterocycles. The third-order valence-corrected chi connectivity index (χ3v) is 2.72. The summed E-state index contributed by atoms with van der Waals surface area (Å²) < 4.78 is 0. The molecule has 0 rings (SSSR count). The predicted molar refractivity (Wildman–Crippen MR) is 95.9 cm³/mol. The Bertz CT molecular complexity index is 121. The van der Waals surface area contributed by atoms with Crippen molar-refractivity contribution in [1.29, 1.82) is 0 Å². The van der Waals surface area contributed by atoms with Crippen LogP contribution in [0.15, 0.2) is 0 Å². The molecule has 0 aromatic heterocycles. The Morgan fingerprint density at radius 2 is 0.381 bits per heavy atom. The third-order valence-electron chi connectivity index (χ3n) is 2.72. The molecular weight excluding hydrogens is 264 g/mol. The zero-order valence-electron chi connectivity index (χ0n) is 14.1. The Hall–Kier alpha value is -0.240. The fourth-order valence-corrected chi connectivity index (χ4v) is 1.40. The molecule has 0 atom stereocenters. The Labute approximate surface area is 132 Å². The lowest BCUT2D eigenvalue weighted by Gasteiger charge is -1.94. The van der Waals surface area contributed by atoms with Gasteiger partial charge in [0.2, 0.25) is 0 Å². The van der Waals surface area contributed by atoms with Crippen LogP contribution in [0.3, 0.4) is 0 Å². The smallest absolute Gasteiger partial charge is 0.00768 e. The van der Waals surface area contributed by atoms with Gasteiger partial charge in [-0.1, -0.05) is 19.3 Å². The summed E-state index contributed by atoms with van der Waals surface area (Å²) in [4.78, 5) is 0. The van der Waals surface area contributed by atoms with E-state index in [2.05, 4.69) is 0 Å². The van der Waals surface area contributed by atoms with Crippen LogP contribution in [0.4, 0.5) is 0 Å². The molecule has 21 heavy (non-hydrogen) atoms. The van der Waals surface area contributed by atoms with E-state index < -0.39 is 0 Å². The lowest BCUT2D eigenvalue weighted by atomic mass is 10.2. The molecule has 0 spiro atoms. The average molecular weight is 307 g/mol. The van der Waals surface area contributed by atoms with E-state index in [0.717, 1.165) is 77.8 Å². The maximum absolute atomic E-state index is 5.28. The Kier molecular flexibility index (Phi) is 39.1. The molecule has 0 aliphatic heterocycles. The number of hydrogen-bond acceptors (Lipinski definition) is 6. The molecule has 6 nitrogen and oxygen atoms in total. The maximum atomic E-state index is 5.28. The van der Waals surface area contributed by atoms with Crippen molar-refractivity contribution in [2.45, 2.75) is 57.8 Å². The van der Waals surface area contributed by atoms with Crippen molar-refractivity contribution in [3.05, 3.63) is 0 Å². The molecule has 0 heterocycles. The molecule has 0 fully saturated rings. The summed E-state index contributed by atoms with van der Waals surface area (Å²) >= 11 is 0. The predicted octanol–water partition coefficient (Wildman–Crippen LogP) is 0.222. The summed E-state index contributed by atoms with van der Waals surface area (Å²) in [5.41, 5.74) is 31.3. The van der Waals surface area contributed by atoms with Crippen LogP contribution in [0.1, 0.15) is 57.8 Å². The van der Waals surface area contributed by atoms with E-state index in [1.807, 2.05) is 0 Å². The van der Waals surface area contributed by atoms with Crippen LogP contribution in [0.25, 0.3) is 0 Å². The summed E-state index contributed by atoms with van der Waals surface area (Å²) in [5.74, 6) is 0. The van der Waals surface area contributed by atoms with Gasteiger partial charge in [-0.3, -0.25) is 0 Å². The topological polar surface area (TPSA) is 156 Å². The molecule has 6 heteroatoms. The third kappa shape index (κ3) is 45.1. The highest BCUT2D eigenvalue weighted by molar-refractivity contribution is 4.43. The molecule has 0 radical (unpaired) electrons. The highest BCUT2D eigenvalue weighted by atomic mass is 14.5. The lowest BCUT2D eigenvalue weighted by Crippen LogP contribution is -2.03. The van der Waals surface area contributed by atoms with Crippen LogP contribution in [-0.4, -0.2) is 39.3 Å². The number of nitrogens with two attached hydrogens (primary N) is 6. The SMILES string of the molecule is NCCCCCCN.NCCCCCN.NCCCCN. The van der Waals surface area contributed by atoms with E-state index in [1.54, 1.807) is 0 Å². The minimum atomic E-state index is 0.775. The Morgan fingerprint density at radius 3 is 0.571 bits per heavy atom. The molecule has 0 aromatic carbocycles. The first-order valence-electron chi connectivity index (χ1n) is 8.45. The van der Waals surface area contributed by atoms with E-state index in [1.165, 1.54) is 19.3 Å². The zero-order valence-corrected chi connectivity index (χ0v) is 14.1. The Balaban J connectivity index is -0.000000234. The summed E-state index contributed by atoms with van der Waals surface area (Å²) in [6.45, 7) is 4.81. The second-order valence-electron chi connectivity index (χ2n) is 4.91. The zero-order chi connectivity index (χ0) is 16.6. The molecule has 12 N–H and O–H groups in total. The minimum Gasteiger partial charge on any atom is -0.330 e. The van der Waals surface area contributed by atoms with E-state index in [0.29, 0.717) is 0 Å². The van der Waals surface area contributed by atoms with E-state index >= 15 is 0 Å². The Morgan fingerprint density at radius 1 is 0.238 bits per heavy atom. The first-order chi connectivity index (χ1) is 10.2. The van der Waals surface area contributed by atoms with Gasteiger partial charge in [0.25, 0.3) is 0 Å². The van der Waals surface area contributed by atoms with E-state index in [-0.39, 0.29) is 0 Å². The van der Waals surface area contributed by atoms with Gasteiger partial charge in [-0.25, -0.2) is 0 Å². The molecule has 0 aromatic rings. The van der Waals surface area contributed by atoms with Gasteiger partial charge in [0.05, 0.1) is 0 Å². The first-order valence-corrected chi connectivity index (χ1v) is 8.45. The number of rotatable bonds is 12. The van der Waals surface area contributed by atoms with E-state index in [9.17, 15) is 0 Å². The highest BCUT2D eigenvalue weighted by Crippen LogP contribution is 1.95. The van der Waals surface area contributed by atoms with Crippen molar-refractivity contribution in [3.63, 3.8) is 0 Å². The standard InChI is InChI=1S/C6H16N2.C5H14N2.C4H12N2/c7-5-3-1-2-4-6-8;6-4-2-1-3-5-7;5-3-1-2-4-6/h1-8H2;1-7H2;1-6H2. The van der Waals surface area contributed by atoms with Crippen molar-refractivity contribution in [2.24, 2.45) is 34.4 Å². The summed E-state index contributed by atoms with van der Waals surface area (Å²) in [6.07, 6.45) is 10.4. The van der Waals surface area contributed by atoms with Gasteiger partial charge in [-0.2, -0.15) is 0 Å². The normalized spacial score (nSPS) is 9.43. The highest BCUT2D eigenvalue weighted by Gasteiger charge is 1.83. The molecule has 132 valence electrons. The van der Waals surface area contributed by atoms with Crippen LogP contribution in [0.5, 0.6) is 0 Å². The first kappa shape index (κ1) is 25.7. The summed E-state index contributed by atoms with van der Waals surface area (Å²) in [7, 11) is 0. The van der Waals surface area contributed by atoms with Crippen LogP contribution in [-0.2, 0) is 0 Å². The molecule has 0 bridgehead atoms. The fraction of sp³-hybridized carbons (Fsp3) is 1.00. The second kappa shape index (κ2) is 31.9. The summed E-state index contributed by atoms with van der Waals surface area (Å²) in [6, 6.07) is 0. The second-order valence-corrected chi connectivity index (χ2v) is 4.91. The maximum Gasteiger partial charge on any atom is -0.00768 e. The van der Waals surface area contributed by atoms with Crippen molar-refractivity contribution in [3.8, 4) is 0 Å². The molecule has 0 saturated carbocycles. The van der Waals surface area contributed by atoms with Gasteiger partial charge >= 0.3 is 0 Å². The number of unbranched alkanes of at least 4 members (excludes halogenated alkanes) is 6. The van der Waals surface area contributed by atoms with Gasteiger partial charge in [0.1, 0.15) is 0 Å². The fourth-order valence-electron chi connectivity index (χ4n) is 1.40.